The Morgan fingerprint density at radius 1 is 1.24 bits per heavy atom. The van der Waals surface area contributed by atoms with E-state index in [1.165, 1.54) is 50.6 Å². The summed E-state index contributed by atoms with van der Waals surface area (Å²) < 4.78 is 6.16. The Labute approximate surface area is 140 Å². The fourth-order valence-electron chi connectivity index (χ4n) is 4.03. The molecular weight excluding hydrogens is 377 g/mol. The van der Waals surface area contributed by atoms with Gasteiger partial charge >= 0.3 is 0 Å². The van der Waals surface area contributed by atoms with Crippen molar-refractivity contribution in [2.24, 2.45) is 5.92 Å². The lowest BCUT2D eigenvalue weighted by atomic mass is 9.78. The fraction of sp³-hybridized carbons (Fsp3) is 0.647. The van der Waals surface area contributed by atoms with Crippen molar-refractivity contribution in [3.63, 3.8) is 0 Å². The van der Waals surface area contributed by atoms with Gasteiger partial charge in [-0.15, -0.1) is 0 Å². The zero-order chi connectivity index (χ0) is 14.8. The van der Waals surface area contributed by atoms with Crippen LogP contribution < -0.4 is 4.74 Å². The van der Waals surface area contributed by atoms with Crippen LogP contribution in [0.1, 0.15) is 44.1 Å². The van der Waals surface area contributed by atoms with Crippen LogP contribution in [0.4, 0.5) is 0 Å². The molecule has 1 aliphatic carbocycles. The first-order valence-corrected chi connectivity index (χ1v) is 9.06. The van der Waals surface area contributed by atoms with Crippen LogP contribution in [-0.4, -0.2) is 29.7 Å². The van der Waals surface area contributed by atoms with Crippen molar-refractivity contribution in [2.75, 3.05) is 13.7 Å². The zero-order valence-electron chi connectivity index (χ0n) is 12.6. The predicted molar refractivity (Wildman–Crippen MR) is 92.8 cm³/mol. The van der Waals surface area contributed by atoms with E-state index in [4.69, 9.17) is 4.74 Å². The molecule has 1 aromatic rings. The van der Waals surface area contributed by atoms with Crippen LogP contribution in [0.25, 0.3) is 0 Å². The number of likely N-dealkylation sites (tertiary alicyclic amines) is 1. The van der Waals surface area contributed by atoms with Crippen molar-refractivity contribution >= 4 is 22.6 Å². The van der Waals surface area contributed by atoms with E-state index in [0.29, 0.717) is 5.75 Å². The molecule has 0 aromatic heterocycles. The van der Waals surface area contributed by atoms with E-state index < -0.39 is 0 Å². The van der Waals surface area contributed by atoms with Crippen molar-refractivity contribution in [3.8, 4) is 11.5 Å². The number of phenolic OH excluding ortho intramolecular Hbond substituents is 1. The highest BCUT2D eigenvalue weighted by Gasteiger charge is 2.33. The van der Waals surface area contributed by atoms with Gasteiger partial charge < -0.3 is 9.84 Å². The Morgan fingerprint density at radius 3 is 2.81 bits per heavy atom. The average Bonchev–Trinajstić information content (AvgIpc) is 2.51. The van der Waals surface area contributed by atoms with Crippen molar-refractivity contribution in [2.45, 2.75) is 51.1 Å². The maximum Gasteiger partial charge on any atom is 0.171 e. The van der Waals surface area contributed by atoms with Crippen molar-refractivity contribution in [1.82, 2.24) is 4.90 Å². The molecule has 1 saturated heterocycles. The van der Waals surface area contributed by atoms with E-state index in [-0.39, 0.29) is 5.75 Å². The molecule has 2 aliphatic rings. The number of ether oxygens (including phenoxy) is 1. The summed E-state index contributed by atoms with van der Waals surface area (Å²) >= 11 is 2.18. The number of halogens is 1. The molecule has 2 atom stereocenters. The van der Waals surface area contributed by atoms with Crippen LogP contribution in [0, 0.1) is 9.49 Å². The van der Waals surface area contributed by atoms with Gasteiger partial charge in [0.05, 0.1) is 10.7 Å². The Balaban J connectivity index is 1.77. The van der Waals surface area contributed by atoms with Gasteiger partial charge in [-0.2, -0.15) is 0 Å². The number of benzene rings is 1. The molecule has 0 unspecified atom stereocenters. The zero-order valence-corrected chi connectivity index (χ0v) is 14.8. The molecule has 1 aromatic carbocycles. The number of methoxy groups -OCH3 is 1. The lowest BCUT2D eigenvalue weighted by Gasteiger charge is -2.44. The number of hydrogen-bond acceptors (Lipinski definition) is 3. The van der Waals surface area contributed by atoms with Gasteiger partial charge in [0.1, 0.15) is 0 Å². The minimum absolute atomic E-state index is 0.260. The van der Waals surface area contributed by atoms with E-state index in [0.717, 1.165) is 22.1 Å². The second kappa shape index (κ2) is 6.73. The summed E-state index contributed by atoms with van der Waals surface area (Å²) in [5.74, 6) is 1.76. The van der Waals surface area contributed by atoms with Gasteiger partial charge in [-0.3, -0.25) is 4.90 Å². The summed E-state index contributed by atoms with van der Waals surface area (Å²) in [7, 11) is 1.62. The summed E-state index contributed by atoms with van der Waals surface area (Å²) in [5, 5.41) is 9.97. The highest BCUT2D eigenvalue weighted by Crippen LogP contribution is 2.37. The van der Waals surface area contributed by atoms with Crippen LogP contribution in [0.5, 0.6) is 11.5 Å². The van der Waals surface area contributed by atoms with Crippen LogP contribution in [0.3, 0.4) is 0 Å². The monoisotopic (exact) mass is 401 g/mol. The molecular formula is C17H24INO2. The second-order valence-electron chi connectivity index (χ2n) is 6.35. The molecule has 0 radical (unpaired) electrons. The minimum Gasteiger partial charge on any atom is -0.504 e. The van der Waals surface area contributed by atoms with Gasteiger partial charge in [0.15, 0.2) is 11.5 Å². The largest absolute Gasteiger partial charge is 0.504 e. The van der Waals surface area contributed by atoms with Crippen LogP contribution in [-0.2, 0) is 6.54 Å². The quantitative estimate of drug-likeness (QED) is 0.773. The third-order valence-corrected chi connectivity index (χ3v) is 5.87. The molecule has 21 heavy (non-hydrogen) atoms. The first-order chi connectivity index (χ1) is 10.2. The highest BCUT2D eigenvalue weighted by molar-refractivity contribution is 14.1. The van der Waals surface area contributed by atoms with E-state index >= 15 is 0 Å². The molecule has 1 aliphatic heterocycles. The Kier molecular flexibility index (Phi) is 4.94. The molecule has 116 valence electrons. The van der Waals surface area contributed by atoms with E-state index in [2.05, 4.69) is 33.6 Å². The maximum atomic E-state index is 9.97. The summed E-state index contributed by atoms with van der Waals surface area (Å²) in [6.07, 6.45) is 8.31. The molecule has 0 spiro atoms. The van der Waals surface area contributed by atoms with Crippen LogP contribution in [0.15, 0.2) is 12.1 Å². The molecule has 1 heterocycles. The summed E-state index contributed by atoms with van der Waals surface area (Å²) in [5.41, 5.74) is 1.25. The normalized spacial score (nSPS) is 26.4. The first kappa shape index (κ1) is 15.4. The van der Waals surface area contributed by atoms with Gasteiger partial charge in [-0.05, 0) is 78.4 Å². The van der Waals surface area contributed by atoms with Gasteiger partial charge in [-0.25, -0.2) is 0 Å². The molecule has 1 saturated carbocycles. The third kappa shape index (κ3) is 3.31. The molecule has 1 N–H and O–H groups in total. The van der Waals surface area contributed by atoms with E-state index in [1.807, 2.05) is 6.07 Å². The van der Waals surface area contributed by atoms with Crippen molar-refractivity contribution in [3.05, 3.63) is 21.3 Å². The van der Waals surface area contributed by atoms with Crippen molar-refractivity contribution in [1.29, 1.82) is 0 Å². The molecule has 0 amide bonds. The SMILES string of the molecule is COc1cc(CN2CCC[C@@H]3CCCC[C@H]32)cc(I)c1O. The molecule has 0 bridgehead atoms. The topological polar surface area (TPSA) is 32.7 Å². The Morgan fingerprint density at radius 2 is 2.00 bits per heavy atom. The summed E-state index contributed by atoms with van der Waals surface area (Å²) in [4.78, 5) is 2.66. The third-order valence-electron chi connectivity index (χ3n) is 5.05. The van der Waals surface area contributed by atoms with Crippen molar-refractivity contribution < 1.29 is 9.84 Å². The second-order valence-corrected chi connectivity index (χ2v) is 7.52. The number of nitrogens with zero attached hydrogens (tertiary/aromatic N) is 1. The standard InChI is InChI=1S/C17H24INO2/c1-21-16-10-12(9-14(18)17(16)20)11-19-8-4-6-13-5-2-3-7-15(13)19/h9-10,13,15,20H,2-8,11H2,1H3/t13-,15+/m0/s1. The number of aromatic hydroxyl groups is 1. The molecule has 3 rings (SSSR count). The first-order valence-electron chi connectivity index (χ1n) is 7.98. The number of phenols is 1. The molecule has 4 heteroatoms. The fourth-order valence-corrected chi connectivity index (χ4v) is 4.70. The van der Waals surface area contributed by atoms with Gasteiger partial charge in [0, 0.05) is 12.6 Å². The molecule has 3 nitrogen and oxygen atoms in total. The maximum absolute atomic E-state index is 9.97. The van der Waals surface area contributed by atoms with E-state index in [1.54, 1.807) is 7.11 Å². The van der Waals surface area contributed by atoms with Gasteiger partial charge in [-0.1, -0.05) is 12.8 Å². The smallest absolute Gasteiger partial charge is 0.171 e. The van der Waals surface area contributed by atoms with Gasteiger partial charge in [0.25, 0.3) is 0 Å². The highest BCUT2D eigenvalue weighted by atomic mass is 127. The summed E-state index contributed by atoms with van der Waals surface area (Å²) in [6, 6.07) is 4.85. The Bertz CT molecular complexity index is 504. The van der Waals surface area contributed by atoms with Crippen LogP contribution in [0.2, 0.25) is 0 Å². The number of fused-ring (bicyclic) bond motifs is 1. The number of piperidine rings is 1. The summed E-state index contributed by atoms with van der Waals surface area (Å²) in [6.45, 7) is 2.19. The van der Waals surface area contributed by atoms with Crippen LogP contribution >= 0.6 is 22.6 Å². The predicted octanol–water partition coefficient (Wildman–Crippen LogP) is 4.16. The lowest BCUT2D eigenvalue weighted by molar-refractivity contribution is 0.0546. The van der Waals surface area contributed by atoms with E-state index in [9.17, 15) is 5.11 Å². The number of hydrogen-bond donors (Lipinski definition) is 1. The lowest BCUT2D eigenvalue weighted by Crippen LogP contribution is -2.46. The average molecular weight is 401 g/mol. The Hall–Kier alpha value is -0.490. The minimum atomic E-state index is 0.260. The number of rotatable bonds is 3. The van der Waals surface area contributed by atoms with Gasteiger partial charge in [0.2, 0.25) is 0 Å². The molecule has 2 fully saturated rings.